The lowest BCUT2D eigenvalue weighted by atomic mass is 9.91. The highest BCUT2D eigenvalue weighted by Gasteiger charge is 2.28. The molecule has 5 rings (SSSR count). The van der Waals surface area contributed by atoms with Gasteiger partial charge in [-0.05, 0) is 37.8 Å². The Bertz CT molecular complexity index is 1110. The number of rotatable bonds is 5. The van der Waals surface area contributed by atoms with Crippen LogP contribution in [0.3, 0.4) is 0 Å². The van der Waals surface area contributed by atoms with Gasteiger partial charge in [-0.3, -0.25) is 4.57 Å². The lowest BCUT2D eigenvalue weighted by Crippen LogP contribution is -2.41. The summed E-state index contributed by atoms with van der Waals surface area (Å²) in [5, 5.41) is 0. The molecular formula is C22H28F2N8O. The number of para-hydroxylation sites is 2. The van der Waals surface area contributed by atoms with Crippen molar-refractivity contribution >= 4 is 22.9 Å². The van der Waals surface area contributed by atoms with Crippen LogP contribution in [-0.4, -0.2) is 69.9 Å². The highest BCUT2D eigenvalue weighted by Crippen LogP contribution is 2.29. The van der Waals surface area contributed by atoms with Gasteiger partial charge in [0.1, 0.15) is 0 Å². The third-order valence-electron chi connectivity index (χ3n) is 6.48. The summed E-state index contributed by atoms with van der Waals surface area (Å²) >= 11 is 0. The van der Waals surface area contributed by atoms with E-state index in [1.54, 1.807) is 24.3 Å². The smallest absolute Gasteiger partial charge is 0.296 e. The molecule has 3 heterocycles. The van der Waals surface area contributed by atoms with Gasteiger partial charge in [0.05, 0.1) is 24.2 Å². The van der Waals surface area contributed by atoms with Crippen LogP contribution in [0.5, 0.6) is 0 Å². The van der Waals surface area contributed by atoms with Crippen molar-refractivity contribution < 1.29 is 13.5 Å². The molecule has 0 bridgehead atoms. The first-order valence-corrected chi connectivity index (χ1v) is 11.3. The van der Waals surface area contributed by atoms with Gasteiger partial charge in [-0.25, -0.2) is 13.8 Å². The Morgan fingerprint density at radius 1 is 1.00 bits per heavy atom. The number of hydrogen-bond acceptors (Lipinski definition) is 8. The molecule has 2 N–H and O–H groups in total. The lowest BCUT2D eigenvalue weighted by Gasteiger charge is -2.34. The molecule has 1 saturated heterocycles. The second kappa shape index (κ2) is 9.14. The molecule has 3 aromatic rings. The Kier molecular flexibility index (Phi) is 6.07. The van der Waals surface area contributed by atoms with Gasteiger partial charge in [0.15, 0.2) is 5.82 Å². The van der Waals surface area contributed by atoms with Gasteiger partial charge >= 0.3 is 0 Å². The molecule has 176 valence electrons. The minimum absolute atomic E-state index is 0.143. The van der Waals surface area contributed by atoms with E-state index in [2.05, 4.69) is 15.0 Å². The molecule has 1 aromatic carbocycles. The van der Waals surface area contributed by atoms with Gasteiger partial charge in [0.25, 0.3) is 6.43 Å². The molecule has 2 aromatic heterocycles. The van der Waals surface area contributed by atoms with Crippen LogP contribution in [0.1, 0.15) is 37.9 Å². The van der Waals surface area contributed by atoms with Crippen LogP contribution < -0.4 is 15.5 Å². The molecule has 0 spiro atoms. The number of nitrogens with zero attached hydrogens (tertiary/aromatic N) is 7. The van der Waals surface area contributed by atoms with Gasteiger partial charge in [-0.1, -0.05) is 12.1 Å². The number of aromatic nitrogens is 5. The zero-order chi connectivity index (χ0) is 22.9. The van der Waals surface area contributed by atoms with Crippen LogP contribution in [0.4, 0.5) is 20.7 Å². The standard InChI is InChI=1S/C22H28F2N8O/c1-30(15-8-6-14(25)7-9-15)20-27-21(31-10-12-33-13-11-31)29-22(28-20)32-17-5-3-2-4-16(17)26-19(32)18(23)24/h2-5,14-15,18H,6-13,25H2,1H3. The Morgan fingerprint density at radius 3 is 2.42 bits per heavy atom. The monoisotopic (exact) mass is 458 g/mol. The first kappa shape index (κ1) is 21.9. The molecule has 1 aliphatic carbocycles. The fourth-order valence-corrected chi connectivity index (χ4v) is 4.56. The van der Waals surface area contributed by atoms with Gasteiger partial charge in [0, 0.05) is 32.2 Å². The number of nitrogens with two attached hydrogens (primary N) is 1. The molecule has 0 atom stereocenters. The van der Waals surface area contributed by atoms with Crippen molar-refractivity contribution in [3.8, 4) is 5.95 Å². The summed E-state index contributed by atoms with van der Waals surface area (Å²) in [7, 11) is 1.95. The number of benzene rings is 1. The Hall–Kier alpha value is -2.92. The quantitative estimate of drug-likeness (QED) is 0.623. The minimum Gasteiger partial charge on any atom is -0.378 e. The summed E-state index contributed by atoms with van der Waals surface area (Å²) in [6.45, 7) is 2.36. The van der Waals surface area contributed by atoms with E-state index >= 15 is 0 Å². The van der Waals surface area contributed by atoms with E-state index in [9.17, 15) is 8.78 Å². The number of alkyl halides is 2. The topological polar surface area (TPSA) is 98.2 Å². The van der Waals surface area contributed by atoms with Crippen molar-refractivity contribution in [1.29, 1.82) is 0 Å². The van der Waals surface area contributed by atoms with Crippen molar-refractivity contribution in [2.75, 3.05) is 43.2 Å². The summed E-state index contributed by atoms with van der Waals surface area (Å²) in [6, 6.07) is 7.47. The SMILES string of the molecule is CN(c1nc(N2CCOCC2)nc(-n2c(C(F)F)nc3ccccc32)n1)C1CCC(N)CC1. The highest BCUT2D eigenvalue weighted by atomic mass is 19.3. The fourth-order valence-electron chi connectivity index (χ4n) is 4.56. The number of fused-ring (bicyclic) bond motifs is 1. The Labute approximate surface area is 190 Å². The third kappa shape index (κ3) is 4.34. The average molecular weight is 459 g/mol. The van der Waals surface area contributed by atoms with Crippen LogP contribution in [0.15, 0.2) is 24.3 Å². The second-order valence-corrected chi connectivity index (χ2v) is 8.61. The zero-order valence-corrected chi connectivity index (χ0v) is 18.6. The zero-order valence-electron chi connectivity index (χ0n) is 18.6. The molecule has 2 aliphatic rings. The van der Waals surface area contributed by atoms with Crippen molar-refractivity contribution in [2.45, 2.75) is 44.2 Å². The molecule has 1 saturated carbocycles. The molecule has 0 amide bonds. The molecule has 1 aliphatic heterocycles. The number of imidazole rings is 1. The average Bonchev–Trinajstić information content (AvgIpc) is 3.24. The van der Waals surface area contributed by atoms with Gasteiger partial charge in [-0.15, -0.1) is 0 Å². The maximum Gasteiger partial charge on any atom is 0.296 e. The molecule has 33 heavy (non-hydrogen) atoms. The van der Waals surface area contributed by atoms with E-state index in [0.717, 1.165) is 25.7 Å². The predicted octanol–water partition coefficient (Wildman–Crippen LogP) is 2.69. The number of morpholine rings is 1. The first-order valence-electron chi connectivity index (χ1n) is 11.3. The Morgan fingerprint density at radius 2 is 1.70 bits per heavy atom. The van der Waals surface area contributed by atoms with Crippen molar-refractivity contribution in [3.63, 3.8) is 0 Å². The maximum atomic E-state index is 14.0. The molecular weight excluding hydrogens is 430 g/mol. The maximum absolute atomic E-state index is 14.0. The van der Waals surface area contributed by atoms with E-state index in [0.29, 0.717) is 49.2 Å². The normalized spacial score (nSPS) is 21.7. The Balaban J connectivity index is 1.62. The molecule has 0 unspecified atom stereocenters. The van der Waals surface area contributed by atoms with Gasteiger partial charge in [0.2, 0.25) is 17.8 Å². The summed E-state index contributed by atoms with van der Waals surface area (Å²) in [4.78, 5) is 22.2. The van der Waals surface area contributed by atoms with Crippen LogP contribution in [-0.2, 0) is 4.74 Å². The lowest BCUT2D eigenvalue weighted by molar-refractivity contribution is 0.122. The molecule has 11 heteroatoms. The number of ether oxygens (including phenoxy) is 1. The molecule has 0 radical (unpaired) electrons. The minimum atomic E-state index is -2.78. The van der Waals surface area contributed by atoms with E-state index in [1.807, 2.05) is 16.8 Å². The summed E-state index contributed by atoms with van der Waals surface area (Å²) < 4.78 is 34.8. The van der Waals surface area contributed by atoms with Gasteiger partial charge < -0.3 is 20.3 Å². The van der Waals surface area contributed by atoms with Crippen molar-refractivity contribution in [3.05, 3.63) is 30.1 Å². The van der Waals surface area contributed by atoms with Crippen LogP contribution in [0.2, 0.25) is 0 Å². The number of hydrogen-bond donors (Lipinski definition) is 1. The first-order chi connectivity index (χ1) is 16.0. The summed E-state index contributed by atoms with van der Waals surface area (Å²) in [5.41, 5.74) is 7.09. The van der Waals surface area contributed by atoms with E-state index in [4.69, 9.17) is 15.5 Å². The van der Waals surface area contributed by atoms with Crippen LogP contribution in [0.25, 0.3) is 17.0 Å². The second-order valence-electron chi connectivity index (χ2n) is 8.61. The number of halogens is 2. The van der Waals surface area contributed by atoms with Crippen LogP contribution in [0, 0.1) is 0 Å². The van der Waals surface area contributed by atoms with Crippen molar-refractivity contribution in [1.82, 2.24) is 24.5 Å². The molecule has 2 fully saturated rings. The number of anilines is 2. The fraction of sp³-hybridized carbons (Fsp3) is 0.545. The summed E-state index contributed by atoms with van der Waals surface area (Å²) in [5.74, 6) is 0.674. The van der Waals surface area contributed by atoms with Crippen LogP contribution >= 0.6 is 0 Å². The van der Waals surface area contributed by atoms with E-state index < -0.39 is 6.43 Å². The largest absolute Gasteiger partial charge is 0.378 e. The predicted molar refractivity (Wildman–Crippen MR) is 121 cm³/mol. The van der Waals surface area contributed by atoms with E-state index in [1.165, 1.54) is 4.57 Å². The third-order valence-corrected chi connectivity index (χ3v) is 6.48. The highest BCUT2D eigenvalue weighted by molar-refractivity contribution is 5.77. The van der Waals surface area contributed by atoms with Crippen molar-refractivity contribution in [2.24, 2.45) is 5.73 Å². The van der Waals surface area contributed by atoms with Gasteiger partial charge in [-0.2, -0.15) is 15.0 Å². The van der Waals surface area contributed by atoms with E-state index in [-0.39, 0.29) is 23.9 Å². The summed E-state index contributed by atoms with van der Waals surface area (Å²) in [6.07, 6.45) is 0.960. The molecule has 9 nitrogen and oxygen atoms in total.